The van der Waals surface area contributed by atoms with E-state index >= 15 is 0 Å². The topological polar surface area (TPSA) is 80.0 Å². The van der Waals surface area contributed by atoms with Crippen molar-refractivity contribution in [2.24, 2.45) is 0 Å². The predicted molar refractivity (Wildman–Crippen MR) is 113 cm³/mol. The van der Waals surface area contributed by atoms with Gasteiger partial charge in [-0.15, -0.1) is 0 Å². The van der Waals surface area contributed by atoms with Gasteiger partial charge in [-0.3, -0.25) is 0 Å². The largest absolute Gasteiger partial charge is 0.456 e. The van der Waals surface area contributed by atoms with Crippen molar-refractivity contribution in [3.63, 3.8) is 0 Å². The van der Waals surface area contributed by atoms with Gasteiger partial charge in [-0.05, 0) is 31.4 Å². The fourth-order valence-corrected chi connectivity index (χ4v) is 3.49. The van der Waals surface area contributed by atoms with E-state index in [0.717, 1.165) is 28.5 Å². The van der Waals surface area contributed by atoms with Crippen molar-refractivity contribution in [1.82, 2.24) is 9.97 Å². The molecular weight excluding hydrogens is 386 g/mol. The predicted octanol–water partition coefficient (Wildman–Crippen LogP) is 3.40. The summed E-state index contributed by atoms with van der Waals surface area (Å²) in [6, 6.07) is 13.5. The summed E-state index contributed by atoms with van der Waals surface area (Å²) in [5, 5.41) is 3.37. The van der Waals surface area contributed by atoms with Gasteiger partial charge >= 0.3 is 5.97 Å². The Morgan fingerprint density at radius 1 is 1.14 bits per heavy atom. The highest BCUT2D eigenvalue weighted by Crippen LogP contribution is 2.36. The minimum absolute atomic E-state index is 0.153. The number of carbonyl (C=O) groups is 1. The molecule has 7 nitrogen and oxygen atoms in total. The van der Waals surface area contributed by atoms with E-state index < -0.39 is 0 Å². The van der Waals surface area contributed by atoms with Gasteiger partial charge in [0.05, 0.1) is 16.8 Å². The molecule has 0 saturated heterocycles. The van der Waals surface area contributed by atoms with Crippen LogP contribution in [-0.2, 0) is 22.7 Å². The molecule has 4 rings (SSSR count). The van der Waals surface area contributed by atoms with Crippen LogP contribution < -0.4 is 14.6 Å². The summed E-state index contributed by atoms with van der Waals surface area (Å²) in [5.74, 6) is 1.17. The molecule has 1 aliphatic heterocycles. The van der Waals surface area contributed by atoms with E-state index in [1.165, 1.54) is 0 Å². The second-order valence-corrected chi connectivity index (χ2v) is 8.63. The summed E-state index contributed by atoms with van der Waals surface area (Å²) in [5.41, 5.74) is 2.66. The first-order valence-electron chi connectivity index (χ1n) is 9.27. The Bertz CT molecular complexity index is 1010. The molecule has 3 aromatic rings. The van der Waals surface area contributed by atoms with Gasteiger partial charge in [0.15, 0.2) is 24.0 Å². The second-order valence-electron chi connectivity index (χ2n) is 7.20. The van der Waals surface area contributed by atoms with E-state index in [0.29, 0.717) is 0 Å². The zero-order valence-corrected chi connectivity index (χ0v) is 17.1. The number of benzene rings is 1. The Hall–Kier alpha value is -3.13. The minimum Gasteiger partial charge on any atom is -0.456 e. The maximum absolute atomic E-state index is 12.1. The number of hydrogen-bond acceptors (Lipinski definition) is 7. The zero-order chi connectivity index (χ0) is 20.3. The van der Waals surface area contributed by atoms with Crippen molar-refractivity contribution >= 4 is 29.6 Å². The number of rotatable bonds is 5. The molecule has 0 fully saturated rings. The molecule has 29 heavy (non-hydrogen) atoms. The van der Waals surface area contributed by atoms with Crippen LogP contribution in [0.1, 0.15) is 19.4 Å². The Morgan fingerprint density at radius 3 is 2.66 bits per heavy atom. The Labute approximate surface area is 173 Å². The van der Waals surface area contributed by atoms with E-state index in [4.69, 9.17) is 4.74 Å². The maximum atomic E-state index is 12.1. The van der Waals surface area contributed by atoms with Crippen LogP contribution in [0.5, 0.6) is 0 Å². The summed E-state index contributed by atoms with van der Waals surface area (Å²) in [6.07, 6.45) is 5.41. The number of carbonyl (C=O) groups excluding carboxylic acids is 1. The molecule has 1 aliphatic rings. The van der Waals surface area contributed by atoms with Crippen LogP contribution in [0.25, 0.3) is 11.3 Å². The lowest BCUT2D eigenvalue weighted by Crippen LogP contribution is -2.37. The molecule has 8 heteroatoms. The van der Waals surface area contributed by atoms with Crippen LogP contribution >= 0.6 is 11.9 Å². The van der Waals surface area contributed by atoms with E-state index in [-0.39, 0.29) is 24.0 Å². The van der Waals surface area contributed by atoms with Gasteiger partial charge in [0.25, 0.3) is 0 Å². The summed E-state index contributed by atoms with van der Waals surface area (Å²) >= 11 is 1.56. The number of nitrogens with one attached hydrogen (secondary N) is 2. The van der Waals surface area contributed by atoms with E-state index in [2.05, 4.69) is 33.9 Å². The monoisotopic (exact) mass is 408 g/mol. The van der Waals surface area contributed by atoms with E-state index in [1.807, 2.05) is 54.9 Å². The van der Waals surface area contributed by atoms with Gasteiger partial charge in [-0.1, -0.05) is 30.3 Å². The molecule has 0 atom stereocenters. The lowest BCUT2D eigenvalue weighted by atomic mass is 10.2. The molecule has 0 aliphatic carbocycles. The number of pyridine rings is 1. The highest BCUT2D eigenvalue weighted by atomic mass is 32.2. The third-order valence-corrected chi connectivity index (χ3v) is 5.24. The number of esters is 1. The Kier molecular flexibility index (Phi) is 5.35. The molecular formula is C21H22N5O2S+. The molecule has 1 aromatic carbocycles. The highest BCUT2D eigenvalue weighted by molar-refractivity contribution is 8.02. The molecule has 148 valence electrons. The lowest BCUT2D eigenvalue weighted by Gasteiger charge is -2.31. The third-order valence-electron chi connectivity index (χ3n) is 4.34. The van der Waals surface area contributed by atoms with Crippen molar-refractivity contribution in [3.8, 4) is 11.3 Å². The van der Waals surface area contributed by atoms with Crippen molar-refractivity contribution < 1.29 is 14.1 Å². The van der Waals surface area contributed by atoms with Crippen molar-refractivity contribution in [1.29, 1.82) is 0 Å². The number of aromatic nitrogens is 3. The first kappa shape index (κ1) is 19.2. The van der Waals surface area contributed by atoms with Crippen LogP contribution in [-0.4, -0.2) is 20.8 Å². The molecule has 0 unspecified atom stereocenters. The van der Waals surface area contributed by atoms with Crippen molar-refractivity contribution in [3.05, 3.63) is 66.6 Å². The summed E-state index contributed by atoms with van der Waals surface area (Å²) < 4.78 is 10.3. The van der Waals surface area contributed by atoms with Crippen molar-refractivity contribution in [2.45, 2.75) is 31.9 Å². The summed E-state index contributed by atoms with van der Waals surface area (Å²) in [7, 11) is 0. The molecule has 0 saturated carbocycles. The molecule has 2 N–H and O–H groups in total. The standard InChI is InChI=1S/C21H21N5O2S/c1-21(2)24-20-19(25-29-21)22-12-17(23-20)16-8-10-26(11-9-16)13-18(27)28-14-15-6-4-3-5-7-15/h3-12H,13-14H2,1-2H3,(H,23,24)/p+1. The number of ether oxygens (including phenoxy) is 1. The quantitative estimate of drug-likeness (QED) is 0.380. The van der Waals surface area contributed by atoms with Gasteiger partial charge in [-0.2, -0.15) is 4.57 Å². The smallest absolute Gasteiger partial charge is 0.373 e. The Morgan fingerprint density at radius 2 is 1.90 bits per heavy atom. The average molecular weight is 409 g/mol. The van der Waals surface area contributed by atoms with Crippen LogP contribution in [0.3, 0.4) is 0 Å². The average Bonchev–Trinajstić information content (AvgIpc) is 2.72. The van der Waals surface area contributed by atoms with E-state index in [1.54, 1.807) is 22.7 Å². The zero-order valence-electron chi connectivity index (χ0n) is 16.3. The molecule has 3 heterocycles. The SMILES string of the molecule is CC1(C)Nc2nc(-c3cc[n+](CC(=O)OCc4ccccc4)cc3)cnc2NS1. The molecule has 0 spiro atoms. The number of hydrogen-bond donors (Lipinski definition) is 2. The first-order valence-corrected chi connectivity index (χ1v) is 10.1. The normalized spacial score (nSPS) is 14.3. The van der Waals surface area contributed by atoms with Crippen LogP contribution in [0.2, 0.25) is 0 Å². The molecule has 2 aromatic heterocycles. The highest BCUT2D eigenvalue weighted by Gasteiger charge is 2.27. The van der Waals surface area contributed by atoms with Gasteiger partial charge in [-0.25, -0.2) is 14.8 Å². The molecule has 0 amide bonds. The lowest BCUT2D eigenvalue weighted by molar-refractivity contribution is -0.685. The van der Waals surface area contributed by atoms with Gasteiger partial charge < -0.3 is 14.8 Å². The fraction of sp³-hybridized carbons (Fsp3) is 0.238. The van der Waals surface area contributed by atoms with Gasteiger partial charge in [0.2, 0.25) is 6.54 Å². The number of fused-ring (bicyclic) bond motifs is 1. The molecule has 0 bridgehead atoms. The van der Waals surface area contributed by atoms with Crippen LogP contribution in [0, 0.1) is 0 Å². The van der Waals surface area contributed by atoms with E-state index in [9.17, 15) is 4.79 Å². The Balaban J connectivity index is 1.40. The minimum atomic E-state index is -0.282. The van der Waals surface area contributed by atoms with Gasteiger partial charge in [0, 0.05) is 17.7 Å². The molecule has 0 radical (unpaired) electrons. The second kappa shape index (κ2) is 8.08. The van der Waals surface area contributed by atoms with Crippen LogP contribution in [0.15, 0.2) is 61.1 Å². The van der Waals surface area contributed by atoms with Gasteiger partial charge in [0.1, 0.15) is 6.61 Å². The number of anilines is 2. The van der Waals surface area contributed by atoms with Crippen LogP contribution in [0.4, 0.5) is 11.6 Å². The first-order chi connectivity index (χ1) is 14.0. The number of nitrogens with zero attached hydrogens (tertiary/aromatic N) is 3. The summed E-state index contributed by atoms with van der Waals surface area (Å²) in [6.45, 7) is 4.58. The van der Waals surface area contributed by atoms with Crippen molar-refractivity contribution in [2.75, 3.05) is 10.0 Å². The maximum Gasteiger partial charge on any atom is 0.373 e. The fourth-order valence-electron chi connectivity index (χ4n) is 2.84. The third kappa shape index (κ3) is 4.83. The summed E-state index contributed by atoms with van der Waals surface area (Å²) in [4.78, 5) is 21.0.